The number of hydrogen-bond acceptors (Lipinski definition) is 3. The third-order valence-corrected chi connectivity index (χ3v) is 2.04. The Kier molecular flexibility index (Phi) is 6.07. The van der Waals surface area contributed by atoms with Crippen LogP contribution < -0.4 is 5.32 Å². The second-order valence-corrected chi connectivity index (χ2v) is 5.40. The van der Waals surface area contributed by atoms with E-state index in [1.807, 2.05) is 47.6 Å². The molecule has 0 aliphatic heterocycles. The highest BCUT2D eigenvalue weighted by atomic mass is 16.5. The van der Waals surface area contributed by atoms with E-state index in [-0.39, 0.29) is 11.5 Å². The van der Waals surface area contributed by atoms with Crippen LogP contribution in [0.4, 0.5) is 0 Å². The number of carboxylic acids is 1. The molecule has 0 heterocycles. The van der Waals surface area contributed by atoms with Gasteiger partial charge in [0.25, 0.3) is 0 Å². The van der Waals surface area contributed by atoms with Crippen molar-refractivity contribution in [1.82, 2.24) is 5.32 Å². The monoisotopic (exact) mass is 243 g/mol. The molecule has 4 heteroatoms. The zero-order valence-electron chi connectivity index (χ0n) is 11.7. The minimum atomic E-state index is -0.862. The standard InChI is InChI=1S/C13H25NO3/c1-7-8-10(17-13(4,5)6)14-11(9(2)3)12(15)16/h8-9,11,14H,7H2,1-6H3,(H,15,16)/b10-8-. The molecule has 1 atom stereocenters. The van der Waals surface area contributed by atoms with Crippen LogP contribution in [0.25, 0.3) is 0 Å². The Hall–Kier alpha value is -1.19. The largest absolute Gasteiger partial charge is 0.480 e. The van der Waals surface area contributed by atoms with Gasteiger partial charge < -0.3 is 15.2 Å². The normalized spacial score (nSPS) is 14.6. The van der Waals surface area contributed by atoms with E-state index in [9.17, 15) is 4.79 Å². The van der Waals surface area contributed by atoms with Crippen molar-refractivity contribution in [3.63, 3.8) is 0 Å². The molecule has 0 aromatic carbocycles. The van der Waals surface area contributed by atoms with E-state index >= 15 is 0 Å². The topological polar surface area (TPSA) is 58.6 Å². The smallest absolute Gasteiger partial charge is 0.326 e. The maximum Gasteiger partial charge on any atom is 0.326 e. The van der Waals surface area contributed by atoms with E-state index in [2.05, 4.69) is 5.32 Å². The van der Waals surface area contributed by atoms with Crippen LogP contribution in [0.15, 0.2) is 12.0 Å². The van der Waals surface area contributed by atoms with Gasteiger partial charge in [-0.25, -0.2) is 4.79 Å². The summed E-state index contributed by atoms with van der Waals surface area (Å²) in [6, 6.07) is -0.629. The number of hydrogen-bond donors (Lipinski definition) is 2. The zero-order valence-corrected chi connectivity index (χ0v) is 11.7. The minimum absolute atomic E-state index is 0.00340. The quantitative estimate of drug-likeness (QED) is 0.704. The molecular weight excluding hydrogens is 218 g/mol. The number of aliphatic carboxylic acids is 1. The highest BCUT2D eigenvalue weighted by molar-refractivity contribution is 5.74. The first-order chi connectivity index (χ1) is 7.67. The molecule has 0 aliphatic carbocycles. The molecule has 0 aromatic rings. The van der Waals surface area contributed by atoms with Crippen LogP contribution in [0, 0.1) is 5.92 Å². The summed E-state index contributed by atoms with van der Waals surface area (Å²) in [6.45, 7) is 11.5. The fourth-order valence-electron chi connectivity index (χ4n) is 1.31. The van der Waals surface area contributed by atoms with Gasteiger partial charge in [-0.05, 0) is 39.2 Å². The fourth-order valence-corrected chi connectivity index (χ4v) is 1.31. The third-order valence-electron chi connectivity index (χ3n) is 2.04. The average molecular weight is 243 g/mol. The van der Waals surface area contributed by atoms with Gasteiger partial charge in [-0.1, -0.05) is 20.8 Å². The molecule has 0 saturated carbocycles. The first-order valence-electron chi connectivity index (χ1n) is 6.06. The number of carboxylic acid groups (broad SMARTS) is 1. The summed E-state index contributed by atoms with van der Waals surface area (Å²) in [6.07, 6.45) is 2.66. The summed E-state index contributed by atoms with van der Waals surface area (Å²) in [7, 11) is 0. The van der Waals surface area contributed by atoms with Crippen molar-refractivity contribution in [1.29, 1.82) is 0 Å². The summed E-state index contributed by atoms with van der Waals surface area (Å²) in [5.74, 6) is -0.322. The molecule has 0 fully saturated rings. The highest BCUT2D eigenvalue weighted by Crippen LogP contribution is 2.14. The number of ether oxygens (including phenoxy) is 1. The Balaban J connectivity index is 4.75. The Morgan fingerprint density at radius 1 is 1.41 bits per heavy atom. The van der Waals surface area contributed by atoms with E-state index in [1.54, 1.807) is 0 Å². The number of rotatable bonds is 6. The van der Waals surface area contributed by atoms with Crippen LogP contribution in [0.5, 0.6) is 0 Å². The first kappa shape index (κ1) is 15.8. The van der Waals surface area contributed by atoms with Crippen molar-refractivity contribution in [3.05, 3.63) is 12.0 Å². The van der Waals surface area contributed by atoms with Gasteiger partial charge in [0.1, 0.15) is 11.6 Å². The van der Waals surface area contributed by atoms with Gasteiger partial charge in [0.05, 0.1) is 0 Å². The molecular formula is C13H25NO3. The van der Waals surface area contributed by atoms with Crippen LogP contribution in [-0.4, -0.2) is 22.7 Å². The molecule has 17 heavy (non-hydrogen) atoms. The molecule has 0 saturated heterocycles. The molecule has 0 spiro atoms. The number of allylic oxidation sites excluding steroid dienone is 1. The van der Waals surface area contributed by atoms with Crippen molar-refractivity contribution in [2.75, 3.05) is 0 Å². The Bertz CT molecular complexity index is 277. The van der Waals surface area contributed by atoms with Crippen LogP contribution in [0.2, 0.25) is 0 Å². The Labute approximate surface area is 104 Å². The Morgan fingerprint density at radius 2 is 1.94 bits per heavy atom. The van der Waals surface area contributed by atoms with E-state index < -0.39 is 12.0 Å². The second-order valence-electron chi connectivity index (χ2n) is 5.40. The lowest BCUT2D eigenvalue weighted by atomic mass is 10.1. The lowest BCUT2D eigenvalue weighted by Gasteiger charge is -2.27. The first-order valence-corrected chi connectivity index (χ1v) is 6.06. The molecule has 0 aliphatic rings. The summed E-state index contributed by atoms with van der Waals surface area (Å²) >= 11 is 0. The maximum atomic E-state index is 11.1. The Morgan fingerprint density at radius 3 is 2.24 bits per heavy atom. The number of carbonyl (C=O) groups is 1. The van der Waals surface area contributed by atoms with Crippen LogP contribution in [-0.2, 0) is 9.53 Å². The second kappa shape index (κ2) is 6.52. The SMILES string of the molecule is CC/C=C(/NC(C(=O)O)C(C)C)OC(C)(C)C. The molecule has 1 unspecified atom stereocenters. The average Bonchev–Trinajstić information content (AvgIpc) is 2.10. The van der Waals surface area contributed by atoms with Crippen molar-refractivity contribution in [2.24, 2.45) is 5.92 Å². The molecule has 0 bridgehead atoms. The summed E-state index contributed by atoms with van der Waals surface area (Å²) in [5, 5.41) is 12.1. The van der Waals surface area contributed by atoms with Crippen LogP contribution in [0.3, 0.4) is 0 Å². The molecule has 0 rings (SSSR count). The molecule has 100 valence electrons. The van der Waals surface area contributed by atoms with Gasteiger partial charge in [0, 0.05) is 0 Å². The van der Waals surface area contributed by atoms with Gasteiger partial charge in [0.15, 0.2) is 5.88 Å². The maximum absolute atomic E-state index is 11.1. The van der Waals surface area contributed by atoms with Crippen molar-refractivity contribution in [3.8, 4) is 0 Å². The lowest BCUT2D eigenvalue weighted by Crippen LogP contribution is -2.42. The molecule has 4 nitrogen and oxygen atoms in total. The predicted octanol–water partition coefficient (Wildman–Crippen LogP) is 2.75. The summed E-state index contributed by atoms with van der Waals surface area (Å²) < 4.78 is 5.70. The molecule has 2 N–H and O–H groups in total. The highest BCUT2D eigenvalue weighted by Gasteiger charge is 2.24. The van der Waals surface area contributed by atoms with Crippen LogP contribution >= 0.6 is 0 Å². The molecule has 0 radical (unpaired) electrons. The van der Waals surface area contributed by atoms with E-state index in [4.69, 9.17) is 9.84 Å². The minimum Gasteiger partial charge on any atom is -0.480 e. The van der Waals surface area contributed by atoms with Gasteiger partial charge in [0.2, 0.25) is 0 Å². The fraction of sp³-hybridized carbons (Fsp3) is 0.769. The lowest BCUT2D eigenvalue weighted by molar-refractivity contribution is -0.141. The van der Waals surface area contributed by atoms with Crippen molar-refractivity contribution >= 4 is 5.97 Å². The third kappa shape index (κ3) is 6.87. The van der Waals surface area contributed by atoms with E-state index in [0.717, 1.165) is 6.42 Å². The van der Waals surface area contributed by atoms with Crippen LogP contribution in [0.1, 0.15) is 48.0 Å². The molecule has 0 amide bonds. The van der Waals surface area contributed by atoms with E-state index in [0.29, 0.717) is 5.88 Å². The summed E-state index contributed by atoms with van der Waals surface area (Å²) in [5.41, 5.74) is -0.339. The van der Waals surface area contributed by atoms with Crippen molar-refractivity contribution in [2.45, 2.75) is 59.6 Å². The van der Waals surface area contributed by atoms with E-state index in [1.165, 1.54) is 0 Å². The number of nitrogens with one attached hydrogen (secondary N) is 1. The van der Waals surface area contributed by atoms with Crippen molar-refractivity contribution < 1.29 is 14.6 Å². The zero-order chi connectivity index (χ0) is 13.6. The summed E-state index contributed by atoms with van der Waals surface area (Å²) in [4.78, 5) is 11.1. The van der Waals surface area contributed by atoms with Gasteiger partial charge in [-0.15, -0.1) is 0 Å². The van der Waals surface area contributed by atoms with Gasteiger partial charge >= 0.3 is 5.97 Å². The van der Waals surface area contributed by atoms with Gasteiger partial charge in [-0.2, -0.15) is 0 Å². The molecule has 0 aromatic heterocycles. The predicted molar refractivity (Wildman–Crippen MR) is 68.6 cm³/mol. The van der Waals surface area contributed by atoms with Gasteiger partial charge in [-0.3, -0.25) is 0 Å².